The fourth-order valence-corrected chi connectivity index (χ4v) is 1.08. The molecule has 1 aromatic carbocycles. The highest BCUT2D eigenvalue weighted by molar-refractivity contribution is 6.41. The molecule has 0 fully saturated rings. The number of halogens is 2. The second-order valence-electron chi connectivity index (χ2n) is 2.10. The highest BCUT2D eigenvalue weighted by Gasteiger charge is 1.96. The summed E-state index contributed by atoms with van der Waals surface area (Å²) >= 11 is 11.5. The van der Waals surface area contributed by atoms with Crippen molar-refractivity contribution in [2.75, 3.05) is 0 Å². The second-order valence-corrected chi connectivity index (χ2v) is 2.92. The molecule has 0 saturated carbocycles. The highest BCUT2D eigenvalue weighted by Crippen LogP contribution is 2.22. The van der Waals surface area contributed by atoms with Crippen LogP contribution in [0.1, 0.15) is 12.5 Å². The van der Waals surface area contributed by atoms with Crippen molar-refractivity contribution in [2.24, 2.45) is 0 Å². The Balaban J connectivity index is 3.04. The van der Waals surface area contributed by atoms with E-state index in [-0.39, 0.29) is 0 Å². The second kappa shape index (κ2) is 3.27. The van der Waals surface area contributed by atoms with Crippen LogP contribution in [-0.4, -0.2) is 0 Å². The molecule has 0 amide bonds. The average molecular weight is 175 g/mol. The third-order valence-electron chi connectivity index (χ3n) is 1.39. The summed E-state index contributed by atoms with van der Waals surface area (Å²) < 4.78 is 0. The topological polar surface area (TPSA) is 0 Å². The van der Waals surface area contributed by atoms with Crippen LogP contribution in [0, 0.1) is 0 Å². The Kier molecular flexibility index (Phi) is 2.58. The zero-order valence-electron chi connectivity index (χ0n) is 5.70. The Morgan fingerprint density at radius 3 is 2.40 bits per heavy atom. The van der Waals surface area contributed by atoms with E-state index >= 15 is 0 Å². The molecule has 0 nitrogen and oxygen atoms in total. The van der Waals surface area contributed by atoms with Crippen molar-refractivity contribution >= 4 is 23.2 Å². The van der Waals surface area contributed by atoms with Crippen LogP contribution in [0.5, 0.6) is 0 Å². The summed E-state index contributed by atoms with van der Waals surface area (Å²) in [5.41, 5.74) is 1.22. The van der Waals surface area contributed by atoms with E-state index in [1.165, 1.54) is 5.56 Å². The minimum Gasteiger partial charge on any atom is -0.0827 e. The molecule has 0 radical (unpaired) electrons. The molecule has 0 atom stereocenters. The van der Waals surface area contributed by atoms with Crippen molar-refractivity contribution in [1.29, 1.82) is 0 Å². The quantitative estimate of drug-likeness (QED) is 0.612. The van der Waals surface area contributed by atoms with E-state index in [9.17, 15) is 0 Å². The summed E-state index contributed by atoms with van der Waals surface area (Å²) in [4.78, 5) is 0. The van der Waals surface area contributed by atoms with Gasteiger partial charge in [0.15, 0.2) is 0 Å². The zero-order chi connectivity index (χ0) is 7.56. The van der Waals surface area contributed by atoms with E-state index in [1.807, 2.05) is 18.2 Å². The molecule has 0 N–H and O–H groups in total. The van der Waals surface area contributed by atoms with Crippen molar-refractivity contribution < 1.29 is 0 Å². The van der Waals surface area contributed by atoms with Gasteiger partial charge in [0, 0.05) is 0 Å². The molecule has 0 aliphatic rings. The lowest BCUT2D eigenvalue weighted by Crippen LogP contribution is -1.78. The number of hydrogen-bond acceptors (Lipinski definition) is 0. The summed E-state index contributed by atoms with van der Waals surface area (Å²) in [5, 5.41) is 1.26. The third kappa shape index (κ3) is 1.65. The van der Waals surface area contributed by atoms with Gasteiger partial charge in [-0.1, -0.05) is 36.2 Å². The lowest BCUT2D eigenvalue weighted by atomic mass is 10.2. The normalized spacial score (nSPS) is 9.90. The van der Waals surface area contributed by atoms with E-state index in [2.05, 4.69) is 6.92 Å². The Labute approximate surface area is 70.8 Å². The Bertz CT molecular complexity index is 231. The molecule has 0 unspecified atom stereocenters. The largest absolute Gasteiger partial charge is 0.0827 e. The fourth-order valence-electron chi connectivity index (χ4n) is 0.760. The number of benzene rings is 1. The van der Waals surface area contributed by atoms with Crippen LogP contribution in [0.15, 0.2) is 18.2 Å². The minimum atomic E-state index is 0.624. The number of aryl methyl sites for hydroxylation is 1. The van der Waals surface area contributed by atoms with E-state index < -0.39 is 0 Å². The molecule has 0 heterocycles. The van der Waals surface area contributed by atoms with E-state index in [0.717, 1.165) is 6.42 Å². The molecular formula is C8H8Cl2. The van der Waals surface area contributed by atoms with Gasteiger partial charge in [0.05, 0.1) is 10.0 Å². The first kappa shape index (κ1) is 7.90. The fraction of sp³-hybridized carbons (Fsp3) is 0.250. The molecule has 0 aromatic heterocycles. The number of rotatable bonds is 1. The van der Waals surface area contributed by atoms with Gasteiger partial charge in [0.2, 0.25) is 0 Å². The van der Waals surface area contributed by atoms with Gasteiger partial charge in [-0.3, -0.25) is 0 Å². The van der Waals surface area contributed by atoms with Crippen molar-refractivity contribution in [2.45, 2.75) is 13.3 Å². The van der Waals surface area contributed by atoms with Gasteiger partial charge >= 0.3 is 0 Å². The molecule has 54 valence electrons. The van der Waals surface area contributed by atoms with Crippen LogP contribution in [0.3, 0.4) is 0 Å². The lowest BCUT2D eigenvalue weighted by Gasteiger charge is -1.97. The molecule has 0 aliphatic carbocycles. The molecule has 0 aliphatic heterocycles. The third-order valence-corrected chi connectivity index (χ3v) is 2.13. The SMILES string of the molecule is CCc1ccc(Cl)c(Cl)c1. The van der Waals surface area contributed by atoms with E-state index in [4.69, 9.17) is 23.2 Å². The molecule has 0 bridgehead atoms. The predicted octanol–water partition coefficient (Wildman–Crippen LogP) is 3.56. The number of hydrogen-bond donors (Lipinski definition) is 0. The van der Waals surface area contributed by atoms with Gasteiger partial charge in [0.25, 0.3) is 0 Å². The Hall–Kier alpha value is -0.200. The first-order valence-corrected chi connectivity index (χ1v) is 3.93. The maximum atomic E-state index is 5.76. The molecule has 10 heavy (non-hydrogen) atoms. The monoisotopic (exact) mass is 174 g/mol. The summed E-state index contributed by atoms with van der Waals surface area (Å²) in [7, 11) is 0. The van der Waals surface area contributed by atoms with Crippen LogP contribution in [0.2, 0.25) is 10.0 Å². The van der Waals surface area contributed by atoms with Crippen LogP contribution in [0.4, 0.5) is 0 Å². The van der Waals surface area contributed by atoms with Crippen molar-refractivity contribution in [3.05, 3.63) is 33.8 Å². The van der Waals surface area contributed by atoms with Gasteiger partial charge in [-0.05, 0) is 24.1 Å². The summed E-state index contributed by atoms with van der Waals surface area (Å²) in [6.07, 6.45) is 0.997. The maximum absolute atomic E-state index is 5.76. The standard InChI is InChI=1S/C8H8Cl2/c1-2-6-3-4-7(9)8(10)5-6/h3-5H,2H2,1H3. The zero-order valence-corrected chi connectivity index (χ0v) is 7.21. The smallest absolute Gasteiger partial charge is 0.0595 e. The summed E-state index contributed by atoms with van der Waals surface area (Å²) in [6.45, 7) is 2.08. The molecule has 1 aromatic rings. The first-order chi connectivity index (χ1) is 4.74. The first-order valence-electron chi connectivity index (χ1n) is 3.18. The Morgan fingerprint density at radius 1 is 1.20 bits per heavy atom. The molecule has 0 spiro atoms. The van der Waals surface area contributed by atoms with Crippen molar-refractivity contribution in [3.8, 4) is 0 Å². The van der Waals surface area contributed by atoms with Crippen LogP contribution >= 0.6 is 23.2 Å². The van der Waals surface area contributed by atoms with E-state index in [0.29, 0.717) is 10.0 Å². The molecule has 0 saturated heterocycles. The van der Waals surface area contributed by atoms with Crippen LogP contribution < -0.4 is 0 Å². The predicted molar refractivity (Wildman–Crippen MR) is 45.8 cm³/mol. The molecular weight excluding hydrogens is 167 g/mol. The van der Waals surface area contributed by atoms with Crippen LogP contribution in [0.25, 0.3) is 0 Å². The maximum Gasteiger partial charge on any atom is 0.0595 e. The minimum absolute atomic E-state index is 0.624. The Morgan fingerprint density at radius 2 is 1.90 bits per heavy atom. The van der Waals surface area contributed by atoms with Gasteiger partial charge < -0.3 is 0 Å². The molecule has 2 heteroatoms. The summed E-state index contributed by atoms with van der Waals surface area (Å²) in [6, 6.07) is 5.70. The molecule has 1 rings (SSSR count). The van der Waals surface area contributed by atoms with Crippen LogP contribution in [-0.2, 0) is 6.42 Å². The van der Waals surface area contributed by atoms with Gasteiger partial charge in [-0.15, -0.1) is 0 Å². The summed E-state index contributed by atoms with van der Waals surface area (Å²) in [5.74, 6) is 0. The van der Waals surface area contributed by atoms with Gasteiger partial charge in [-0.25, -0.2) is 0 Å². The highest BCUT2D eigenvalue weighted by atomic mass is 35.5. The average Bonchev–Trinajstić information content (AvgIpc) is 1.95. The van der Waals surface area contributed by atoms with Gasteiger partial charge in [0.1, 0.15) is 0 Å². The van der Waals surface area contributed by atoms with Crippen molar-refractivity contribution in [1.82, 2.24) is 0 Å². The van der Waals surface area contributed by atoms with Gasteiger partial charge in [-0.2, -0.15) is 0 Å². The lowest BCUT2D eigenvalue weighted by molar-refractivity contribution is 1.14. The van der Waals surface area contributed by atoms with E-state index in [1.54, 1.807) is 0 Å². The van der Waals surface area contributed by atoms with Crippen molar-refractivity contribution in [3.63, 3.8) is 0 Å².